The molecule has 184 valence electrons. The average molecular weight is 539 g/mol. The van der Waals surface area contributed by atoms with Gasteiger partial charge in [-0.05, 0) is 60.0 Å². The monoisotopic (exact) mass is 537 g/mol. The molecule has 8 heteroatoms. The molecule has 0 atom stereocenters. The van der Waals surface area contributed by atoms with Crippen LogP contribution in [0.2, 0.25) is 10.0 Å². The van der Waals surface area contributed by atoms with Crippen LogP contribution >= 0.6 is 35.0 Å². The lowest BCUT2D eigenvalue weighted by Gasteiger charge is -2.15. The van der Waals surface area contributed by atoms with E-state index in [-0.39, 0.29) is 16.8 Å². The molecular weight excluding hydrogens is 513 g/mol. The second kappa shape index (κ2) is 12.6. The van der Waals surface area contributed by atoms with E-state index in [1.54, 1.807) is 17.8 Å². The second-order valence-electron chi connectivity index (χ2n) is 7.99. The van der Waals surface area contributed by atoms with Gasteiger partial charge in [-0.25, -0.2) is 4.79 Å². The van der Waals surface area contributed by atoms with E-state index in [0.29, 0.717) is 29.5 Å². The number of hydrogen-bond donors (Lipinski definition) is 4. The molecule has 0 unspecified atom stereocenters. The molecule has 2 amide bonds. The molecule has 4 aromatic carbocycles. The molecule has 5 nitrogen and oxygen atoms in total. The van der Waals surface area contributed by atoms with E-state index in [4.69, 9.17) is 23.2 Å². The summed E-state index contributed by atoms with van der Waals surface area (Å²) in [6.45, 7) is 0.947. The van der Waals surface area contributed by atoms with Crippen LogP contribution in [0.5, 0.6) is 5.75 Å². The number of anilines is 2. The fourth-order valence-electron chi connectivity index (χ4n) is 3.52. The molecule has 0 aliphatic rings. The minimum absolute atomic E-state index is 0.0745. The van der Waals surface area contributed by atoms with Gasteiger partial charge in [-0.2, -0.15) is 0 Å². The summed E-state index contributed by atoms with van der Waals surface area (Å²) in [6, 6.07) is 28.5. The lowest BCUT2D eigenvalue weighted by molar-refractivity contribution is 0.252. The number of urea groups is 1. The highest BCUT2D eigenvalue weighted by atomic mass is 35.5. The van der Waals surface area contributed by atoms with Crippen LogP contribution in [0.1, 0.15) is 11.1 Å². The third-order valence-electron chi connectivity index (χ3n) is 5.35. The Hall–Kier alpha value is -3.32. The molecule has 0 saturated heterocycles. The van der Waals surface area contributed by atoms with Gasteiger partial charge in [0.25, 0.3) is 0 Å². The zero-order valence-corrected chi connectivity index (χ0v) is 21.6. The molecule has 36 heavy (non-hydrogen) atoms. The van der Waals surface area contributed by atoms with Crippen molar-refractivity contribution in [2.24, 2.45) is 0 Å². The number of amides is 2. The van der Waals surface area contributed by atoms with Gasteiger partial charge in [0, 0.05) is 33.6 Å². The summed E-state index contributed by atoms with van der Waals surface area (Å²) in [5, 5.41) is 20.2. The number of rotatable bonds is 9. The molecule has 0 spiro atoms. The Balaban J connectivity index is 1.38. The predicted molar refractivity (Wildman–Crippen MR) is 150 cm³/mol. The maximum Gasteiger partial charge on any atom is 0.319 e. The summed E-state index contributed by atoms with van der Waals surface area (Å²) >= 11 is 13.9. The normalized spacial score (nSPS) is 10.6. The van der Waals surface area contributed by atoms with E-state index in [9.17, 15) is 9.90 Å². The quantitative estimate of drug-likeness (QED) is 0.129. The first-order chi connectivity index (χ1) is 17.5. The minimum Gasteiger partial charge on any atom is -0.504 e. The van der Waals surface area contributed by atoms with Gasteiger partial charge in [0.1, 0.15) is 0 Å². The Labute approximate surface area is 224 Å². The Morgan fingerprint density at radius 2 is 1.61 bits per heavy atom. The van der Waals surface area contributed by atoms with Crippen LogP contribution in [0, 0.1) is 0 Å². The van der Waals surface area contributed by atoms with Gasteiger partial charge in [-0.3, -0.25) is 0 Å². The fourth-order valence-corrected chi connectivity index (χ4v) is 4.81. The van der Waals surface area contributed by atoms with Gasteiger partial charge in [0.05, 0.1) is 10.7 Å². The predicted octanol–water partition coefficient (Wildman–Crippen LogP) is 7.83. The van der Waals surface area contributed by atoms with Crippen molar-refractivity contribution >= 4 is 52.4 Å². The van der Waals surface area contributed by atoms with E-state index in [0.717, 1.165) is 27.3 Å². The number of benzene rings is 4. The van der Waals surface area contributed by atoms with Gasteiger partial charge in [-0.1, -0.05) is 83.5 Å². The summed E-state index contributed by atoms with van der Waals surface area (Å²) in [5.41, 5.74) is 3.09. The van der Waals surface area contributed by atoms with Crippen molar-refractivity contribution in [2.75, 3.05) is 17.2 Å². The molecule has 0 bridgehead atoms. The SMILES string of the molecule is O=C(NCCc1ccccc1)Nc1cc(Cl)c(O)c(NCc2ccccc2Sc2ccc(Cl)cc2)c1. The van der Waals surface area contributed by atoms with Gasteiger partial charge >= 0.3 is 6.03 Å². The van der Waals surface area contributed by atoms with Crippen LogP contribution in [0.25, 0.3) is 0 Å². The first-order valence-corrected chi connectivity index (χ1v) is 12.9. The van der Waals surface area contributed by atoms with Gasteiger partial charge in [0.2, 0.25) is 0 Å². The number of carbonyl (C=O) groups is 1. The molecular formula is C28H25Cl2N3O2S. The Bertz CT molecular complexity index is 1320. The Kier molecular flexibility index (Phi) is 9.01. The molecule has 0 saturated carbocycles. The highest BCUT2D eigenvalue weighted by Crippen LogP contribution is 2.36. The zero-order chi connectivity index (χ0) is 25.3. The first-order valence-electron chi connectivity index (χ1n) is 11.3. The fraction of sp³-hybridized carbons (Fsp3) is 0.107. The molecule has 0 heterocycles. The lowest BCUT2D eigenvalue weighted by Crippen LogP contribution is -2.30. The van der Waals surface area contributed by atoms with Crippen molar-refractivity contribution in [3.05, 3.63) is 112 Å². The summed E-state index contributed by atoms with van der Waals surface area (Å²) in [7, 11) is 0. The number of phenols is 1. The van der Waals surface area contributed by atoms with Crippen LogP contribution in [0.15, 0.2) is 101 Å². The van der Waals surface area contributed by atoms with E-state index in [2.05, 4.69) is 16.0 Å². The van der Waals surface area contributed by atoms with Gasteiger partial charge in [-0.15, -0.1) is 0 Å². The highest BCUT2D eigenvalue weighted by molar-refractivity contribution is 7.99. The van der Waals surface area contributed by atoms with Gasteiger partial charge < -0.3 is 21.1 Å². The van der Waals surface area contributed by atoms with Crippen LogP contribution in [0.4, 0.5) is 16.2 Å². The number of phenolic OH excluding ortho intramolecular Hbond substituents is 1. The van der Waals surface area contributed by atoms with Crippen molar-refractivity contribution in [1.29, 1.82) is 0 Å². The van der Waals surface area contributed by atoms with Crippen molar-refractivity contribution in [3.63, 3.8) is 0 Å². The number of aromatic hydroxyl groups is 1. The Morgan fingerprint density at radius 1 is 0.889 bits per heavy atom. The van der Waals surface area contributed by atoms with Crippen LogP contribution in [-0.2, 0) is 13.0 Å². The standard InChI is InChI=1S/C28H25Cl2N3O2S/c29-21-10-12-23(13-11-21)36-26-9-5-4-8-20(26)18-32-25-17-22(16-24(30)27(25)34)33-28(35)31-15-14-19-6-2-1-3-7-19/h1-13,16-17,32,34H,14-15,18H2,(H2,31,33,35). The van der Waals surface area contributed by atoms with Crippen LogP contribution in [0.3, 0.4) is 0 Å². The zero-order valence-electron chi connectivity index (χ0n) is 19.3. The lowest BCUT2D eigenvalue weighted by atomic mass is 10.1. The summed E-state index contributed by atoms with van der Waals surface area (Å²) < 4.78 is 0. The smallest absolute Gasteiger partial charge is 0.319 e. The molecule has 0 fully saturated rings. The molecule has 4 N–H and O–H groups in total. The summed E-state index contributed by atoms with van der Waals surface area (Å²) in [4.78, 5) is 14.5. The largest absolute Gasteiger partial charge is 0.504 e. The number of carbonyl (C=O) groups excluding carboxylic acids is 1. The number of nitrogens with one attached hydrogen (secondary N) is 3. The number of halogens is 2. The Morgan fingerprint density at radius 3 is 2.39 bits per heavy atom. The van der Waals surface area contributed by atoms with Crippen LogP contribution < -0.4 is 16.0 Å². The second-order valence-corrected chi connectivity index (χ2v) is 9.95. The molecule has 0 aliphatic carbocycles. The highest BCUT2D eigenvalue weighted by Gasteiger charge is 2.12. The van der Waals surface area contributed by atoms with Crippen molar-refractivity contribution in [3.8, 4) is 5.75 Å². The molecule has 0 aromatic heterocycles. The summed E-state index contributed by atoms with van der Waals surface area (Å²) in [6.07, 6.45) is 0.727. The maximum atomic E-state index is 12.4. The van der Waals surface area contributed by atoms with E-state index < -0.39 is 0 Å². The third kappa shape index (κ3) is 7.34. The van der Waals surface area contributed by atoms with Crippen molar-refractivity contribution in [1.82, 2.24) is 5.32 Å². The van der Waals surface area contributed by atoms with E-state index in [1.165, 1.54) is 6.07 Å². The molecule has 0 radical (unpaired) electrons. The van der Waals surface area contributed by atoms with Crippen molar-refractivity contribution in [2.45, 2.75) is 22.8 Å². The summed E-state index contributed by atoms with van der Waals surface area (Å²) in [5.74, 6) is -0.0745. The molecule has 4 rings (SSSR count). The first kappa shape index (κ1) is 25.8. The van der Waals surface area contributed by atoms with E-state index in [1.807, 2.05) is 78.9 Å². The van der Waals surface area contributed by atoms with Crippen LogP contribution in [-0.4, -0.2) is 17.7 Å². The minimum atomic E-state index is -0.344. The molecule has 4 aromatic rings. The maximum absolute atomic E-state index is 12.4. The third-order valence-corrected chi connectivity index (χ3v) is 7.01. The topological polar surface area (TPSA) is 73.4 Å². The number of hydrogen-bond acceptors (Lipinski definition) is 4. The molecule has 0 aliphatic heterocycles. The van der Waals surface area contributed by atoms with E-state index >= 15 is 0 Å². The van der Waals surface area contributed by atoms with Gasteiger partial charge in [0.15, 0.2) is 5.75 Å². The average Bonchev–Trinajstić information content (AvgIpc) is 2.88. The van der Waals surface area contributed by atoms with Crippen molar-refractivity contribution < 1.29 is 9.90 Å².